The summed E-state index contributed by atoms with van der Waals surface area (Å²) in [6.07, 6.45) is 0. The van der Waals surface area contributed by atoms with Crippen LogP contribution < -0.4 is 5.32 Å². The Morgan fingerprint density at radius 2 is 1.71 bits per heavy atom. The molecule has 2 rings (SSSR count). The van der Waals surface area contributed by atoms with Gasteiger partial charge in [0.1, 0.15) is 0 Å². The average Bonchev–Trinajstić information content (AvgIpc) is 2.43. The molecular formula is C16H14BrNO3. The molecule has 2 aromatic carbocycles. The van der Waals surface area contributed by atoms with Crippen molar-refractivity contribution in [3.05, 3.63) is 63.1 Å². The zero-order valence-corrected chi connectivity index (χ0v) is 13.2. The first-order valence-electron chi connectivity index (χ1n) is 6.30. The third-order valence-electron chi connectivity index (χ3n) is 3.26. The van der Waals surface area contributed by atoms with Crippen LogP contribution in [0.2, 0.25) is 0 Å². The second-order valence-corrected chi connectivity index (χ2v) is 5.65. The van der Waals surface area contributed by atoms with E-state index in [0.717, 1.165) is 10.0 Å². The van der Waals surface area contributed by atoms with E-state index in [0.29, 0.717) is 16.8 Å². The molecule has 5 heteroatoms. The fourth-order valence-electron chi connectivity index (χ4n) is 1.96. The SMILES string of the molecule is Cc1cc(NC(=O)c2ccc(Br)cc2)cc(C(=O)O)c1C. The lowest BCUT2D eigenvalue weighted by Gasteiger charge is -2.11. The average molecular weight is 348 g/mol. The van der Waals surface area contributed by atoms with Gasteiger partial charge in [0.15, 0.2) is 0 Å². The number of hydrogen-bond donors (Lipinski definition) is 2. The van der Waals surface area contributed by atoms with Crippen LogP contribution in [0.5, 0.6) is 0 Å². The number of carbonyl (C=O) groups is 2. The second-order valence-electron chi connectivity index (χ2n) is 4.73. The number of rotatable bonds is 3. The summed E-state index contributed by atoms with van der Waals surface area (Å²) in [5.41, 5.74) is 2.70. The molecule has 0 aliphatic carbocycles. The van der Waals surface area contributed by atoms with Crippen LogP contribution in [0.1, 0.15) is 31.8 Å². The number of aryl methyl sites for hydroxylation is 1. The number of halogens is 1. The molecule has 0 aliphatic rings. The number of aromatic carboxylic acids is 1. The highest BCUT2D eigenvalue weighted by Crippen LogP contribution is 2.21. The van der Waals surface area contributed by atoms with Gasteiger partial charge in [-0.25, -0.2) is 4.79 Å². The number of benzene rings is 2. The lowest BCUT2D eigenvalue weighted by Crippen LogP contribution is -2.13. The van der Waals surface area contributed by atoms with Crippen molar-refractivity contribution in [1.82, 2.24) is 0 Å². The summed E-state index contributed by atoms with van der Waals surface area (Å²) in [6.45, 7) is 3.57. The van der Waals surface area contributed by atoms with E-state index >= 15 is 0 Å². The van der Waals surface area contributed by atoms with E-state index in [4.69, 9.17) is 0 Å². The van der Waals surface area contributed by atoms with Crippen LogP contribution in [0.3, 0.4) is 0 Å². The molecule has 108 valence electrons. The van der Waals surface area contributed by atoms with Crippen LogP contribution >= 0.6 is 15.9 Å². The zero-order chi connectivity index (χ0) is 15.6. The molecule has 0 bridgehead atoms. The van der Waals surface area contributed by atoms with Gasteiger partial charge in [0, 0.05) is 15.7 Å². The highest BCUT2D eigenvalue weighted by molar-refractivity contribution is 9.10. The number of amides is 1. The third kappa shape index (κ3) is 3.49. The molecule has 0 atom stereocenters. The number of carboxylic acids is 1. The topological polar surface area (TPSA) is 66.4 Å². The number of carboxylic acid groups (broad SMARTS) is 1. The molecule has 0 aliphatic heterocycles. The van der Waals surface area contributed by atoms with Crippen LogP contribution in [0, 0.1) is 13.8 Å². The standard InChI is InChI=1S/C16H14BrNO3/c1-9-7-13(8-14(10(9)2)16(20)21)18-15(19)11-3-5-12(17)6-4-11/h3-8H,1-2H3,(H,18,19)(H,20,21). The van der Waals surface area contributed by atoms with Gasteiger partial charge in [-0.05, 0) is 61.4 Å². The molecule has 0 unspecified atom stereocenters. The van der Waals surface area contributed by atoms with Gasteiger partial charge in [-0.15, -0.1) is 0 Å². The van der Waals surface area contributed by atoms with E-state index in [1.165, 1.54) is 6.07 Å². The zero-order valence-electron chi connectivity index (χ0n) is 11.6. The van der Waals surface area contributed by atoms with E-state index in [9.17, 15) is 14.7 Å². The van der Waals surface area contributed by atoms with Crippen LogP contribution in [-0.4, -0.2) is 17.0 Å². The van der Waals surface area contributed by atoms with Crippen molar-refractivity contribution in [2.45, 2.75) is 13.8 Å². The molecular weight excluding hydrogens is 334 g/mol. The molecule has 4 nitrogen and oxygen atoms in total. The van der Waals surface area contributed by atoms with E-state index in [2.05, 4.69) is 21.2 Å². The predicted molar refractivity (Wildman–Crippen MR) is 85.0 cm³/mol. The van der Waals surface area contributed by atoms with E-state index in [1.807, 2.05) is 6.92 Å². The van der Waals surface area contributed by atoms with Crippen LogP contribution in [0.15, 0.2) is 40.9 Å². The molecule has 0 radical (unpaired) electrons. The number of hydrogen-bond acceptors (Lipinski definition) is 2. The lowest BCUT2D eigenvalue weighted by molar-refractivity contribution is 0.0695. The summed E-state index contributed by atoms with van der Waals surface area (Å²) >= 11 is 3.31. The number of anilines is 1. The van der Waals surface area contributed by atoms with Gasteiger partial charge < -0.3 is 10.4 Å². The normalized spacial score (nSPS) is 10.2. The Hall–Kier alpha value is -2.14. The van der Waals surface area contributed by atoms with Gasteiger partial charge >= 0.3 is 5.97 Å². The van der Waals surface area contributed by atoms with Crippen LogP contribution in [0.25, 0.3) is 0 Å². The summed E-state index contributed by atoms with van der Waals surface area (Å²) < 4.78 is 0.887. The highest BCUT2D eigenvalue weighted by Gasteiger charge is 2.13. The monoisotopic (exact) mass is 347 g/mol. The molecule has 2 aromatic rings. The molecule has 0 spiro atoms. The summed E-state index contributed by atoms with van der Waals surface area (Å²) in [5.74, 6) is -1.28. The van der Waals surface area contributed by atoms with Crippen molar-refractivity contribution in [3.63, 3.8) is 0 Å². The summed E-state index contributed by atoms with van der Waals surface area (Å²) in [6, 6.07) is 10.2. The van der Waals surface area contributed by atoms with Gasteiger partial charge in [0.25, 0.3) is 5.91 Å². The van der Waals surface area contributed by atoms with E-state index in [-0.39, 0.29) is 11.5 Å². The van der Waals surface area contributed by atoms with Gasteiger partial charge in [-0.2, -0.15) is 0 Å². The minimum atomic E-state index is -1.00. The van der Waals surface area contributed by atoms with Crippen molar-refractivity contribution in [2.75, 3.05) is 5.32 Å². The Morgan fingerprint density at radius 3 is 2.29 bits per heavy atom. The Morgan fingerprint density at radius 1 is 1.10 bits per heavy atom. The van der Waals surface area contributed by atoms with Crippen molar-refractivity contribution in [3.8, 4) is 0 Å². The molecule has 1 amide bonds. The van der Waals surface area contributed by atoms with E-state index < -0.39 is 5.97 Å². The maximum Gasteiger partial charge on any atom is 0.336 e. The maximum atomic E-state index is 12.1. The molecule has 0 heterocycles. The first kappa shape index (κ1) is 15.3. The van der Waals surface area contributed by atoms with Crippen molar-refractivity contribution < 1.29 is 14.7 Å². The first-order chi connectivity index (χ1) is 9.88. The minimum Gasteiger partial charge on any atom is -0.478 e. The predicted octanol–water partition coefficient (Wildman–Crippen LogP) is 4.02. The lowest BCUT2D eigenvalue weighted by atomic mass is 10.0. The third-order valence-corrected chi connectivity index (χ3v) is 3.79. The van der Waals surface area contributed by atoms with Gasteiger partial charge in [0.2, 0.25) is 0 Å². The quantitative estimate of drug-likeness (QED) is 0.881. The van der Waals surface area contributed by atoms with Gasteiger partial charge in [-0.1, -0.05) is 15.9 Å². The Kier molecular flexibility index (Phi) is 4.43. The Balaban J connectivity index is 2.29. The minimum absolute atomic E-state index is 0.195. The molecule has 0 saturated carbocycles. The maximum absolute atomic E-state index is 12.1. The number of nitrogens with one attached hydrogen (secondary N) is 1. The van der Waals surface area contributed by atoms with Crippen LogP contribution in [-0.2, 0) is 0 Å². The Bertz CT molecular complexity index is 708. The molecule has 0 fully saturated rings. The summed E-state index contributed by atoms with van der Waals surface area (Å²) in [5, 5.41) is 11.9. The van der Waals surface area contributed by atoms with Crippen molar-refractivity contribution in [1.29, 1.82) is 0 Å². The van der Waals surface area contributed by atoms with Crippen molar-refractivity contribution >= 4 is 33.5 Å². The first-order valence-corrected chi connectivity index (χ1v) is 7.09. The van der Waals surface area contributed by atoms with Crippen LogP contribution in [0.4, 0.5) is 5.69 Å². The number of carbonyl (C=O) groups excluding carboxylic acids is 1. The Labute approximate surface area is 130 Å². The highest BCUT2D eigenvalue weighted by atomic mass is 79.9. The smallest absolute Gasteiger partial charge is 0.336 e. The largest absolute Gasteiger partial charge is 0.478 e. The molecule has 0 aromatic heterocycles. The molecule has 0 saturated heterocycles. The molecule has 21 heavy (non-hydrogen) atoms. The summed E-state index contributed by atoms with van der Waals surface area (Å²) in [7, 11) is 0. The second kappa shape index (κ2) is 6.10. The fraction of sp³-hybridized carbons (Fsp3) is 0.125. The van der Waals surface area contributed by atoms with Crippen molar-refractivity contribution in [2.24, 2.45) is 0 Å². The fourth-order valence-corrected chi connectivity index (χ4v) is 2.22. The van der Waals surface area contributed by atoms with Gasteiger partial charge in [-0.3, -0.25) is 4.79 Å². The summed E-state index contributed by atoms with van der Waals surface area (Å²) in [4.78, 5) is 23.3. The molecule has 2 N–H and O–H groups in total. The van der Waals surface area contributed by atoms with Gasteiger partial charge in [0.05, 0.1) is 5.56 Å². The van der Waals surface area contributed by atoms with E-state index in [1.54, 1.807) is 37.3 Å².